The van der Waals surface area contributed by atoms with Crippen LogP contribution in [-0.4, -0.2) is 26.9 Å². The van der Waals surface area contributed by atoms with Gasteiger partial charge in [0.05, 0.1) is 20.3 Å². The van der Waals surface area contributed by atoms with Crippen LogP contribution in [0.2, 0.25) is 0 Å². The Hall–Kier alpha value is -1.10. The minimum Gasteiger partial charge on any atom is -0.496 e. The monoisotopic (exact) mass is 237 g/mol. The summed E-state index contributed by atoms with van der Waals surface area (Å²) < 4.78 is 10.7. The van der Waals surface area contributed by atoms with E-state index in [0.717, 1.165) is 37.4 Å². The summed E-state index contributed by atoms with van der Waals surface area (Å²) in [5.74, 6) is 6.47. The van der Waals surface area contributed by atoms with Gasteiger partial charge < -0.3 is 14.3 Å². The van der Waals surface area contributed by atoms with Crippen molar-refractivity contribution in [1.82, 2.24) is 0 Å². The van der Waals surface area contributed by atoms with Crippen molar-refractivity contribution >= 4 is 0 Å². The number of ether oxygens (including phenoxy) is 2. The van der Waals surface area contributed by atoms with Crippen LogP contribution >= 0.6 is 0 Å². The molecule has 0 bridgehead atoms. The third-order valence-electron chi connectivity index (χ3n) is 3.19. The molecule has 0 aliphatic carbocycles. The van der Waals surface area contributed by atoms with E-state index in [9.17, 15) is 0 Å². The molecule has 0 aromatic heterocycles. The van der Waals surface area contributed by atoms with Crippen LogP contribution in [0.3, 0.4) is 0 Å². The maximum absolute atomic E-state index is 5.41. The fraction of sp³-hybridized carbons (Fsp3) is 0.538. The minimum atomic E-state index is 0.501. The molecular weight excluding hydrogens is 218 g/mol. The summed E-state index contributed by atoms with van der Waals surface area (Å²) in [6, 6.07) is 6.31. The molecule has 1 aliphatic rings. The Balaban J connectivity index is 2.17. The van der Waals surface area contributed by atoms with E-state index >= 15 is 0 Å². The molecule has 0 spiro atoms. The predicted molar refractivity (Wildman–Crippen MR) is 65.0 cm³/mol. The van der Waals surface area contributed by atoms with Gasteiger partial charge in [-0.05, 0) is 23.6 Å². The number of benzene rings is 1. The average Bonchev–Trinajstić information content (AvgIpc) is 2.89. The molecule has 0 amide bonds. The lowest BCUT2D eigenvalue weighted by Crippen LogP contribution is -2.06. The van der Waals surface area contributed by atoms with Crippen LogP contribution < -0.4 is 10.6 Å². The van der Waals surface area contributed by atoms with E-state index in [0.29, 0.717) is 12.5 Å². The van der Waals surface area contributed by atoms with E-state index in [2.05, 4.69) is 17.0 Å². The zero-order valence-corrected chi connectivity index (χ0v) is 10.1. The van der Waals surface area contributed by atoms with E-state index in [1.807, 2.05) is 6.07 Å². The molecule has 1 saturated heterocycles. The minimum absolute atomic E-state index is 0.501. The molecule has 0 saturated carbocycles. The summed E-state index contributed by atoms with van der Waals surface area (Å²) in [6.45, 7) is 2.18. The highest BCUT2D eigenvalue weighted by Gasteiger charge is 2.18. The van der Waals surface area contributed by atoms with Crippen molar-refractivity contribution in [2.24, 2.45) is 5.90 Å². The summed E-state index contributed by atoms with van der Waals surface area (Å²) in [7, 11) is 1.68. The highest BCUT2D eigenvalue weighted by atomic mass is 16.6. The maximum Gasteiger partial charge on any atom is 0.122 e. The Morgan fingerprint density at radius 3 is 3.00 bits per heavy atom. The molecule has 1 aromatic carbocycles. The highest BCUT2D eigenvalue weighted by Crippen LogP contribution is 2.29. The van der Waals surface area contributed by atoms with Crippen molar-refractivity contribution in [3.63, 3.8) is 0 Å². The quantitative estimate of drug-likeness (QED) is 0.791. The normalized spacial score (nSPS) is 19.5. The predicted octanol–water partition coefficient (Wildman–Crippen LogP) is 1.63. The molecule has 2 rings (SSSR count). The molecule has 4 nitrogen and oxygen atoms in total. The first-order valence-corrected chi connectivity index (χ1v) is 5.91. The molecule has 0 radical (unpaired) electrons. The molecule has 2 N–H and O–H groups in total. The van der Waals surface area contributed by atoms with Gasteiger partial charge in [-0.15, -0.1) is 0 Å². The van der Waals surface area contributed by atoms with Gasteiger partial charge in [0.25, 0.3) is 0 Å². The van der Waals surface area contributed by atoms with Crippen LogP contribution in [-0.2, 0) is 16.0 Å². The van der Waals surface area contributed by atoms with Crippen molar-refractivity contribution in [2.45, 2.75) is 18.8 Å². The third kappa shape index (κ3) is 2.97. The van der Waals surface area contributed by atoms with Crippen LogP contribution in [0.25, 0.3) is 0 Å². The van der Waals surface area contributed by atoms with Crippen molar-refractivity contribution in [3.05, 3.63) is 29.3 Å². The highest BCUT2D eigenvalue weighted by molar-refractivity contribution is 5.39. The Morgan fingerprint density at radius 1 is 1.47 bits per heavy atom. The molecule has 1 fully saturated rings. The zero-order valence-electron chi connectivity index (χ0n) is 10.1. The molecule has 1 unspecified atom stereocenters. The van der Waals surface area contributed by atoms with E-state index < -0.39 is 0 Å². The summed E-state index contributed by atoms with van der Waals surface area (Å²) in [5, 5.41) is 0. The van der Waals surface area contributed by atoms with E-state index in [1.165, 1.54) is 5.56 Å². The smallest absolute Gasteiger partial charge is 0.122 e. The third-order valence-corrected chi connectivity index (χ3v) is 3.19. The standard InChI is InChI=1S/C13H19NO3/c1-15-13-3-2-10(12-4-6-16-9-12)8-11(13)5-7-17-14/h2-3,8,12H,4-7,9,14H2,1H3. The fourth-order valence-corrected chi connectivity index (χ4v) is 2.21. The van der Waals surface area contributed by atoms with Gasteiger partial charge in [-0.2, -0.15) is 0 Å². The van der Waals surface area contributed by atoms with Gasteiger partial charge in [-0.1, -0.05) is 12.1 Å². The Bertz CT molecular complexity index is 362. The van der Waals surface area contributed by atoms with Crippen LogP contribution in [0, 0.1) is 0 Å². The van der Waals surface area contributed by atoms with Crippen molar-refractivity contribution in [2.75, 3.05) is 26.9 Å². The molecule has 1 atom stereocenters. The molecule has 1 aliphatic heterocycles. The number of nitrogens with two attached hydrogens (primary N) is 1. The van der Waals surface area contributed by atoms with Crippen LogP contribution in [0.1, 0.15) is 23.5 Å². The summed E-state index contributed by atoms with van der Waals surface area (Å²) >= 11 is 0. The van der Waals surface area contributed by atoms with Gasteiger partial charge in [-0.25, -0.2) is 5.90 Å². The van der Waals surface area contributed by atoms with Crippen molar-refractivity contribution < 1.29 is 14.3 Å². The number of methoxy groups -OCH3 is 1. The fourth-order valence-electron chi connectivity index (χ4n) is 2.21. The van der Waals surface area contributed by atoms with Crippen LogP contribution in [0.4, 0.5) is 0 Å². The van der Waals surface area contributed by atoms with E-state index in [4.69, 9.17) is 15.4 Å². The van der Waals surface area contributed by atoms with E-state index in [-0.39, 0.29) is 0 Å². The molecule has 17 heavy (non-hydrogen) atoms. The first-order chi connectivity index (χ1) is 8.35. The molecule has 4 heteroatoms. The first kappa shape index (κ1) is 12.4. The van der Waals surface area contributed by atoms with Crippen molar-refractivity contribution in [3.8, 4) is 5.75 Å². The summed E-state index contributed by atoms with van der Waals surface area (Å²) in [6.07, 6.45) is 1.86. The lowest BCUT2D eigenvalue weighted by Gasteiger charge is -2.13. The van der Waals surface area contributed by atoms with Gasteiger partial charge in [0, 0.05) is 18.9 Å². The Labute approximate surface area is 102 Å². The van der Waals surface area contributed by atoms with Crippen molar-refractivity contribution in [1.29, 1.82) is 0 Å². The lowest BCUT2D eigenvalue weighted by atomic mass is 9.95. The molecule has 1 heterocycles. The van der Waals surface area contributed by atoms with E-state index in [1.54, 1.807) is 7.11 Å². The van der Waals surface area contributed by atoms with Gasteiger partial charge in [-0.3, -0.25) is 0 Å². The Kier molecular flexibility index (Phi) is 4.36. The zero-order chi connectivity index (χ0) is 12.1. The molecular formula is C13H19NO3. The average molecular weight is 237 g/mol. The topological polar surface area (TPSA) is 53.7 Å². The van der Waals surface area contributed by atoms with Gasteiger partial charge in [0.15, 0.2) is 0 Å². The Morgan fingerprint density at radius 2 is 2.35 bits per heavy atom. The van der Waals surface area contributed by atoms with Crippen LogP contribution in [0.5, 0.6) is 5.75 Å². The van der Waals surface area contributed by atoms with Crippen LogP contribution in [0.15, 0.2) is 18.2 Å². The molecule has 94 valence electrons. The van der Waals surface area contributed by atoms with Gasteiger partial charge in [0.2, 0.25) is 0 Å². The lowest BCUT2D eigenvalue weighted by molar-refractivity contribution is 0.140. The number of hydrogen-bond acceptors (Lipinski definition) is 4. The second kappa shape index (κ2) is 6.00. The second-order valence-corrected chi connectivity index (χ2v) is 4.25. The maximum atomic E-state index is 5.41. The molecule has 1 aromatic rings. The first-order valence-electron chi connectivity index (χ1n) is 5.91. The largest absolute Gasteiger partial charge is 0.496 e. The summed E-state index contributed by atoms with van der Waals surface area (Å²) in [5.41, 5.74) is 2.46. The number of rotatable bonds is 5. The van der Waals surface area contributed by atoms with Gasteiger partial charge in [0.1, 0.15) is 5.75 Å². The summed E-state index contributed by atoms with van der Waals surface area (Å²) in [4.78, 5) is 4.63. The number of hydrogen-bond donors (Lipinski definition) is 1. The van der Waals surface area contributed by atoms with Gasteiger partial charge >= 0.3 is 0 Å². The SMILES string of the molecule is COc1ccc(C2CCOC2)cc1CCON. The second-order valence-electron chi connectivity index (χ2n) is 4.25.